The van der Waals surface area contributed by atoms with Gasteiger partial charge in [0.05, 0.1) is 22.4 Å². The fourth-order valence-corrected chi connectivity index (χ4v) is 6.94. The predicted octanol–water partition coefficient (Wildman–Crippen LogP) is 8.64. The molecule has 0 N–H and O–H groups in total. The highest BCUT2D eigenvalue weighted by atomic mass is 16.1. The van der Waals surface area contributed by atoms with Crippen molar-refractivity contribution in [2.24, 2.45) is 14.1 Å². The lowest BCUT2D eigenvalue weighted by Gasteiger charge is -2.23. The van der Waals surface area contributed by atoms with Crippen LogP contribution in [0.25, 0.3) is 67.2 Å². The van der Waals surface area contributed by atoms with Crippen LogP contribution in [0.1, 0.15) is 25.0 Å². The van der Waals surface area contributed by atoms with Crippen LogP contribution < -0.4 is 5.69 Å². The summed E-state index contributed by atoms with van der Waals surface area (Å²) in [5.74, 6) is 0.712. The molecule has 5 nitrogen and oxygen atoms in total. The van der Waals surface area contributed by atoms with Crippen molar-refractivity contribution in [2.75, 3.05) is 0 Å². The highest BCUT2D eigenvalue weighted by Gasteiger charge is 2.36. The third-order valence-corrected chi connectivity index (χ3v) is 9.40. The minimum Gasteiger partial charge on any atom is -0.295 e. The molecule has 1 aliphatic rings. The van der Waals surface area contributed by atoms with Crippen LogP contribution in [0.4, 0.5) is 0 Å². The number of rotatable bonds is 4. The summed E-state index contributed by atoms with van der Waals surface area (Å²) >= 11 is 0. The van der Waals surface area contributed by atoms with Gasteiger partial charge in [0.1, 0.15) is 0 Å². The van der Waals surface area contributed by atoms with Crippen LogP contribution in [0.2, 0.25) is 0 Å². The molecule has 0 amide bonds. The maximum Gasteiger partial charge on any atom is 0.328 e. The summed E-state index contributed by atoms with van der Waals surface area (Å²) in [5, 5.41) is 0. The number of hydrogen-bond acceptors (Lipinski definition) is 3. The van der Waals surface area contributed by atoms with Gasteiger partial charge in [-0.3, -0.25) is 9.13 Å². The lowest BCUT2D eigenvalue weighted by molar-refractivity contribution is 0.661. The summed E-state index contributed by atoms with van der Waals surface area (Å²) in [4.78, 5) is 22.8. The van der Waals surface area contributed by atoms with Crippen LogP contribution in [0.15, 0.2) is 126 Å². The standard InChI is InChI=1S/C40H32N4O/c1-40(2)32-22-27(29-16-11-17-36-37(29)44(4)39(45)43(36)3)18-20-30(32)31-21-19-28(23-33(31)40)35-24-34(25-12-7-5-8-13-25)41-38(42-35)26-14-9-6-10-15-26/h5-24H,1-4H3. The predicted molar refractivity (Wildman–Crippen MR) is 183 cm³/mol. The maximum absolute atomic E-state index is 12.8. The molecule has 0 aliphatic heterocycles. The Morgan fingerprint density at radius 2 is 1.11 bits per heavy atom. The third-order valence-electron chi connectivity index (χ3n) is 9.40. The average molecular weight is 585 g/mol. The number of aromatic nitrogens is 4. The lowest BCUT2D eigenvalue weighted by atomic mass is 9.81. The zero-order valence-electron chi connectivity index (χ0n) is 25.7. The Bertz CT molecular complexity index is 2270. The van der Waals surface area contributed by atoms with E-state index in [9.17, 15) is 4.79 Å². The molecular formula is C40H32N4O. The molecule has 0 saturated heterocycles. The van der Waals surface area contributed by atoms with Crippen molar-refractivity contribution in [3.8, 4) is 56.2 Å². The maximum atomic E-state index is 12.8. The summed E-state index contributed by atoms with van der Waals surface area (Å²) in [7, 11) is 3.68. The lowest BCUT2D eigenvalue weighted by Crippen LogP contribution is -2.19. The molecule has 0 bridgehead atoms. The largest absolute Gasteiger partial charge is 0.328 e. The van der Waals surface area contributed by atoms with Crippen LogP contribution in [-0.4, -0.2) is 19.1 Å². The smallest absolute Gasteiger partial charge is 0.295 e. The van der Waals surface area contributed by atoms with Crippen molar-refractivity contribution in [1.29, 1.82) is 0 Å². The van der Waals surface area contributed by atoms with E-state index in [-0.39, 0.29) is 11.1 Å². The highest BCUT2D eigenvalue weighted by molar-refractivity contribution is 5.94. The first-order chi connectivity index (χ1) is 21.8. The first kappa shape index (κ1) is 27.0. The number of hydrogen-bond donors (Lipinski definition) is 0. The van der Waals surface area contributed by atoms with Gasteiger partial charge in [-0.25, -0.2) is 14.8 Å². The molecule has 0 atom stereocenters. The van der Waals surface area contributed by atoms with E-state index in [1.807, 2.05) is 62.6 Å². The summed E-state index contributed by atoms with van der Waals surface area (Å²) in [6, 6.07) is 42.2. The Labute approximate surface area is 262 Å². The van der Waals surface area contributed by atoms with Crippen LogP contribution in [0.5, 0.6) is 0 Å². The molecule has 8 rings (SSSR count). The van der Waals surface area contributed by atoms with Crippen LogP contribution in [-0.2, 0) is 19.5 Å². The molecule has 218 valence electrons. The molecule has 5 aromatic carbocycles. The zero-order valence-corrected chi connectivity index (χ0v) is 25.7. The molecule has 2 heterocycles. The first-order valence-corrected chi connectivity index (χ1v) is 15.3. The Morgan fingerprint density at radius 3 is 1.78 bits per heavy atom. The second-order valence-electron chi connectivity index (χ2n) is 12.4. The average Bonchev–Trinajstić information content (AvgIpc) is 3.45. The Morgan fingerprint density at radius 1 is 0.533 bits per heavy atom. The first-order valence-electron chi connectivity index (χ1n) is 15.3. The van der Waals surface area contributed by atoms with Crippen molar-refractivity contribution in [3.63, 3.8) is 0 Å². The van der Waals surface area contributed by atoms with Crippen molar-refractivity contribution in [3.05, 3.63) is 143 Å². The van der Waals surface area contributed by atoms with E-state index in [0.29, 0.717) is 5.82 Å². The molecule has 0 unspecified atom stereocenters. The van der Waals surface area contributed by atoms with Gasteiger partial charge in [0.15, 0.2) is 5.82 Å². The van der Waals surface area contributed by atoms with Gasteiger partial charge in [-0.1, -0.05) is 111 Å². The Hall–Kier alpha value is -5.55. The second-order valence-corrected chi connectivity index (χ2v) is 12.4. The third kappa shape index (κ3) is 4.19. The van der Waals surface area contributed by atoms with Crippen molar-refractivity contribution < 1.29 is 0 Å². The minimum atomic E-state index is -0.231. The van der Waals surface area contributed by atoms with Crippen LogP contribution in [0, 0.1) is 0 Å². The Kier molecular flexibility index (Phi) is 6.00. The zero-order chi connectivity index (χ0) is 30.9. The monoisotopic (exact) mass is 584 g/mol. The molecule has 1 aliphatic carbocycles. The van der Waals surface area contributed by atoms with Crippen molar-refractivity contribution in [2.45, 2.75) is 19.3 Å². The quantitative estimate of drug-likeness (QED) is 0.208. The van der Waals surface area contributed by atoms with E-state index in [4.69, 9.17) is 9.97 Å². The van der Waals surface area contributed by atoms with Gasteiger partial charge in [0.2, 0.25) is 0 Å². The molecule has 2 aromatic heterocycles. The van der Waals surface area contributed by atoms with E-state index in [1.165, 1.54) is 22.3 Å². The van der Waals surface area contributed by atoms with E-state index in [0.717, 1.165) is 50.2 Å². The summed E-state index contributed by atoms with van der Waals surface area (Å²) in [5.41, 5.74) is 13.8. The van der Waals surface area contributed by atoms with Crippen molar-refractivity contribution in [1.82, 2.24) is 19.1 Å². The number of nitrogens with zero attached hydrogens (tertiary/aromatic N) is 4. The fraction of sp³-hybridized carbons (Fsp3) is 0.125. The fourth-order valence-electron chi connectivity index (χ4n) is 6.94. The molecule has 0 spiro atoms. The van der Waals surface area contributed by atoms with Gasteiger partial charge < -0.3 is 0 Å². The van der Waals surface area contributed by atoms with E-state index in [2.05, 4.69) is 86.6 Å². The van der Waals surface area contributed by atoms with Gasteiger partial charge in [-0.2, -0.15) is 0 Å². The van der Waals surface area contributed by atoms with Gasteiger partial charge in [0.25, 0.3) is 0 Å². The Balaban J connectivity index is 1.25. The number of aryl methyl sites for hydroxylation is 2. The second kappa shape index (κ2) is 10.00. The summed E-state index contributed by atoms with van der Waals surface area (Å²) < 4.78 is 3.46. The van der Waals surface area contributed by atoms with Crippen LogP contribution in [0.3, 0.4) is 0 Å². The molecule has 5 heteroatoms. The van der Waals surface area contributed by atoms with Crippen LogP contribution >= 0.6 is 0 Å². The molecule has 7 aromatic rings. The molecule has 45 heavy (non-hydrogen) atoms. The topological polar surface area (TPSA) is 52.7 Å². The SMILES string of the molecule is Cn1c(=O)n(C)c2c(-c3ccc4c(c3)C(C)(C)c3cc(-c5cc(-c6ccccc6)nc(-c6ccccc6)n5)ccc3-4)cccc21. The molecule has 0 saturated carbocycles. The van der Waals surface area contributed by atoms with Gasteiger partial charge in [0, 0.05) is 41.8 Å². The van der Waals surface area contributed by atoms with E-state index < -0.39 is 0 Å². The van der Waals surface area contributed by atoms with E-state index in [1.54, 1.807) is 9.13 Å². The molecular weight excluding hydrogens is 552 g/mol. The van der Waals surface area contributed by atoms with Crippen molar-refractivity contribution >= 4 is 11.0 Å². The highest BCUT2D eigenvalue weighted by Crippen LogP contribution is 2.51. The number of benzene rings is 5. The summed E-state index contributed by atoms with van der Waals surface area (Å²) in [6.07, 6.45) is 0. The normalized spacial score (nSPS) is 13.2. The molecule has 0 fully saturated rings. The molecule has 0 radical (unpaired) electrons. The minimum absolute atomic E-state index is 0.0190. The van der Waals surface area contributed by atoms with E-state index >= 15 is 0 Å². The number of fused-ring (bicyclic) bond motifs is 4. The van der Waals surface area contributed by atoms with Gasteiger partial charge >= 0.3 is 5.69 Å². The number of imidazole rings is 1. The van der Waals surface area contributed by atoms with Gasteiger partial charge in [-0.15, -0.1) is 0 Å². The summed E-state index contributed by atoms with van der Waals surface area (Å²) in [6.45, 7) is 4.60. The van der Waals surface area contributed by atoms with Gasteiger partial charge in [-0.05, 0) is 52.1 Å². The number of para-hydroxylation sites is 1.